The van der Waals surface area contributed by atoms with Crippen molar-refractivity contribution in [3.63, 3.8) is 0 Å². The maximum absolute atomic E-state index is 4.72. The van der Waals surface area contributed by atoms with Crippen LogP contribution in [0.3, 0.4) is 0 Å². The lowest BCUT2D eigenvalue weighted by Gasteiger charge is -2.26. The molecule has 2 nitrogen and oxygen atoms in total. The van der Waals surface area contributed by atoms with Crippen molar-refractivity contribution in [2.45, 2.75) is 38.5 Å². The topological polar surface area (TPSA) is 15.6 Å². The van der Waals surface area contributed by atoms with Gasteiger partial charge in [-0.05, 0) is 44.1 Å². The quantitative estimate of drug-likeness (QED) is 0.627. The molecule has 0 atom stereocenters. The summed E-state index contributed by atoms with van der Waals surface area (Å²) in [6.07, 6.45) is 13.8. The molecule has 0 saturated carbocycles. The van der Waals surface area contributed by atoms with E-state index in [0.29, 0.717) is 0 Å². The van der Waals surface area contributed by atoms with Crippen LogP contribution in [-0.2, 0) is 0 Å². The fraction of sp³-hybridized carbons (Fsp3) is 0.533. The van der Waals surface area contributed by atoms with Gasteiger partial charge in [-0.15, -0.1) is 0 Å². The number of nitrogens with zero attached hydrogens (tertiary/aromatic N) is 2. The second-order valence-electron chi connectivity index (χ2n) is 4.77. The minimum absolute atomic E-state index is 0.796. The number of hydrogen-bond donors (Lipinski definition) is 0. The van der Waals surface area contributed by atoms with Crippen molar-refractivity contribution in [1.82, 2.24) is 4.90 Å². The predicted molar refractivity (Wildman–Crippen MR) is 74.1 cm³/mol. The Kier molecular flexibility index (Phi) is 4.18. The van der Waals surface area contributed by atoms with Gasteiger partial charge in [-0.3, -0.25) is 4.99 Å². The first-order valence-electron chi connectivity index (χ1n) is 6.59. The number of rotatable bonds is 1. The van der Waals surface area contributed by atoms with E-state index >= 15 is 0 Å². The zero-order valence-corrected chi connectivity index (χ0v) is 10.8. The summed E-state index contributed by atoms with van der Waals surface area (Å²) in [4.78, 5) is 6.91. The Morgan fingerprint density at radius 1 is 1.18 bits per heavy atom. The lowest BCUT2D eigenvalue weighted by atomic mass is 9.98. The molecule has 0 amide bonds. The van der Waals surface area contributed by atoms with Crippen molar-refractivity contribution in [1.29, 1.82) is 0 Å². The standard InChI is InChI=1S/C15H22N2/c1-13-9-5-4-8-12-16-15(17(13)2)14-10-6-3-7-11-14/h4,8,10H,1,3,5-7,9,11-12H2,2H3/b8-4-,16-15?. The first kappa shape index (κ1) is 12.2. The average Bonchev–Trinajstić information content (AvgIpc) is 2.44. The molecular weight excluding hydrogens is 208 g/mol. The molecule has 0 fully saturated rings. The highest BCUT2D eigenvalue weighted by molar-refractivity contribution is 5.99. The maximum atomic E-state index is 4.72. The van der Waals surface area contributed by atoms with E-state index < -0.39 is 0 Å². The van der Waals surface area contributed by atoms with Crippen LogP contribution in [0.5, 0.6) is 0 Å². The van der Waals surface area contributed by atoms with E-state index in [0.717, 1.165) is 25.2 Å². The summed E-state index contributed by atoms with van der Waals surface area (Å²) < 4.78 is 0. The highest BCUT2D eigenvalue weighted by atomic mass is 15.2. The van der Waals surface area contributed by atoms with Crippen LogP contribution < -0.4 is 0 Å². The van der Waals surface area contributed by atoms with Gasteiger partial charge >= 0.3 is 0 Å². The Bertz CT molecular complexity index is 374. The van der Waals surface area contributed by atoms with Crippen LogP contribution in [0.15, 0.2) is 41.1 Å². The number of likely N-dealkylation sites (N-methyl/N-ethyl adjacent to an activating group) is 1. The smallest absolute Gasteiger partial charge is 0.130 e. The number of amidine groups is 1. The van der Waals surface area contributed by atoms with Gasteiger partial charge in [0.15, 0.2) is 0 Å². The Hall–Kier alpha value is -1.31. The van der Waals surface area contributed by atoms with Gasteiger partial charge in [0.1, 0.15) is 5.84 Å². The zero-order chi connectivity index (χ0) is 12.1. The fourth-order valence-corrected chi connectivity index (χ4v) is 2.36. The Morgan fingerprint density at radius 2 is 2.06 bits per heavy atom. The highest BCUT2D eigenvalue weighted by Gasteiger charge is 2.16. The normalized spacial score (nSPS) is 24.3. The Labute approximate surface area is 104 Å². The molecule has 0 saturated heterocycles. The Balaban J connectivity index is 2.23. The second-order valence-corrected chi connectivity index (χ2v) is 4.77. The molecule has 92 valence electrons. The molecule has 1 aliphatic heterocycles. The van der Waals surface area contributed by atoms with Crippen LogP contribution in [0, 0.1) is 0 Å². The van der Waals surface area contributed by atoms with E-state index in [1.54, 1.807) is 0 Å². The molecular formula is C15H22N2. The third-order valence-electron chi connectivity index (χ3n) is 3.48. The van der Waals surface area contributed by atoms with E-state index in [-0.39, 0.29) is 0 Å². The van der Waals surface area contributed by atoms with Crippen LogP contribution in [-0.4, -0.2) is 24.3 Å². The summed E-state index contributed by atoms with van der Waals surface area (Å²) in [6.45, 7) is 4.96. The third kappa shape index (κ3) is 3.09. The monoisotopic (exact) mass is 230 g/mol. The van der Waals surface area contributed by atoms with Crippen molar-refractivity contribution < 1.29 is 0 Å². The molecule has 0 radical (unpaired) electrons. The van der Waals surface area contributed by atoms with E-state index in [1.807, 2.05) is 0 Å². The molecule has 2 rings (SSSR count). The number of hydrogen-bond acceptors (Lipinski definition) is 2. The van der Waals surface area contributed by atoms with Crippen molar-refractivity contribution in [3.8, 4) is 0 Å². The van der Waals surface area contributed by atoms with Crippen LogP contribution >= 0.6 is 0 Å². The van der Waals surface area contributed by atoms with E-state index in [2.05, 4.69) is 36.8 Å². The predicted octanol–water partition coefficient (Wildman–Crippen LogP) is 3.68. The van der Waals surface area contributed by atoms with Crippen LogP contribution in [0.25, 0.3) is 0 Å². The molecule has 2 heteroatoms. The summed E-state index contributed by atoms with van der Waals surface area (Å²) in [7, 11) is 2.10. The van der Waals surface area contributed by atoms with Crippen LogP contribution in [0.4, 0.5) is 0 Å². The van der Waals surface area contributed by atoms with Gasteiger partial charge in [0, 0.05) is 12.7 Å². The highest BCUT2D eigenvalue weighted by Crippen LogP contribution is 2.22. The van der Waals surface area contributed by atoms with Crippen molar-refractivity contribution in [3.05, 3.63) is 36.1 Å². The molecule has 0 aromatic heterocycles. The molecule has 0 aromatic rings. The molecule has 0 spiro atoms. The van der Waals surface area contributed by atoms with Crippen LogP contribution in [0.2, 0.25) is 0 Å². The summed E-state index contributed by atoms with van der Waals surface area (Å²) in [5, 5.41) is 0. The maximum Gasteiger partial charge on any atom is 0.130 e. The Morgan fingerprint density at radius 3 is 2.82 bits per heavy atom. The molecule has 17 heavy (non-hydrogen) atoms. The van der Waals surface area contributed by atoms with Gasteiger partial charge in [0.2, 0.25) is 0 Å². The molecule has 0 bridgehead atoms. The zero-order valence-electron chi connectivity index (χ0n) is 10.8. The molecule has 1 heterocycles. The lowest BCUT2D eigenvalue weighted by Crippen LogP contribution is -2.28. The number of allylic oxidation sites excluding steroid dienone is 3. The average molecular weight is 230 g/mol. The molecule has 0 aromatic carbocycles. The third-order valence-corrected chi connectivity index (χ3v) is 3.48. The summed E-state index contributed by atoms with van der Waals surface area (Å²) >= 11 is 0. The molecule has 0 unspecified atom stereocenters. The summed E-state index contributed by atoms with van der Waals surface area (Å²) in [6, 6.07) is 0. The first-order valence-corrected chi connectivity index (χ1v) is 6.59. The second kappa shape index (κ2) is 5.85. The van der Waals surface area contributed by atoms with Gasteiger partial charge in [-0.2, -0.15) is 0 Å². The van der Waals surface area contributed by atoms with Gasteiger partial charge in [-0.25, -0.2) is 0 Å². The minimum atomic E-state index is 0.796. The van der Waals surface area contributed by atoms with Crippen molar-refractivity contribution in [2.75, 3.05) is 13.6 Å². The SMILES string of the molecule is C=C1CC/C=C\CN=C(C2=CCCCC2)N1C. The van der Waals surface area contributed by atoms with Crippen LogP contribution in [0.1, 0.15) is 38.5 Å². The minimum Gasteiger partial charge on any atom is -0.334 e. The largest absolute Gasteiger partial charge is 0.334 e. The first-order chi connectivity index (χ1) is 8.29. The molecule has 1 aliphatic carbocycles. The van der Waals surface area contributed by atoms with E-state index in [9.17, 15) is 0 Å². The van der Waals surface area contributed by atoms with E-state index in [1.165, 1.54) is 37.0 Å². The van der Waals surface area contributed by atoms with Gasteiger partial charge in [0.05, 0.1) is 6.54 Å². The molecule has 0 N–H and O–H groups in total. The van der Waals surface area contributed by atoms with Gasteiger partial charge < -0.3 is 4.90 Å². The van der Waals surface area contributed by atoms with E-state index in [4.69, 9.17) is 4.99 Å². The van der Waals surface area contributed by atoms with Crippen molar-refractivity contribution in [2.24, 2.45) is 4.99 Å². The number of aliphatic imine (C=N–C) groups is 1. The lowest BCUT2D eigenvalue weighted by molar-refractivity contribution is 0.583. The summed E-state index contributed by atoms with van der Waals surface area (Å²) in [5.41, 5.74) is 2.58. The van der Waals surface area contributed by atoms with Gasteiger partial charge in [0.25, 0.3) is 0 Å². The molecule has 2 aliphatic rings. The van der Waals surface area contributed by atoms with Gasteiger partial charge in [-0.1, -0.05) is 24.8 Å². The fourth-order valence-electron chi connectivity index (χ4n) is 2.36. The van der Waals surface area contributed by atoms with Crippen molar-refractivity contribution >= 4 is 5.84 Å². The summed E-state index contributed by atoms with van der Waals surface area (Å²) in [5.74, 6) is 1.14.